The van der Waals surface area contributed by atoms with Gasteiger partial charge in [0, 0.05) is 19.0 Å². The van der Waals surface area contributed by atoms with Crippen LogP contribution in [0.1, 0.15) is 33.4 Å². The van der Waals surface area contributed by atoms with Gasteiger partial charge in [0.2, 0.25) is 0 Å². The van der Waals surface area contributed by atoms with Crippen molar-refractivity contribution in [2.75, 3.05) is 4.90 Å². The lowest BCUT2D eigenvalue weighted by atomic mass is 9.83. The zero-order valence-electron chi connectivity index (χ0n) is 15.4. The quantitative estimate of drug-likeness (QED) is 0.334. The highest BCUT2D eigenvalue weighted by Crippen LogP contribution is 2.54. The number of pyridine rings is 1. The number of benzene rings is 3. The summed E-state index contributed by atoms with van der Waals surface area (Å²) in [5.74, 6) is 1.09. The Hall–Kier alpha value is -3.39. The Balaban J connectivity index is 1.60. The third-order valence-corrected chi connectivity index (χ3v) is 6.51. The second kappa shape index (κ2) is 5.11. The van der Waals surface area contributed by atoms with Crippen molar-refractivity contribution in [1.82, 2.24) is 4.98 Å². The van der Waals surface area contributed by atoms with E-state index in [1.165, 1.54) is 55.9 Å². The molecule has 3 aliphatic rings. The van der Waals surface area contributed by atoms with E-state index in [1.807, 2.05) is 6.20 Å². The Morgan fingerprint density at radius 2 is 1.46 bits per heavy atom. The molecule has 0 atom stereocenters. The summed E-state index contributed by atoms with van der Waals surface area (Å²) in [6.45, 7) is 0. The van der Waals surface area contributed by atoms with Gasteiger partial charge in [-0.3, -0.25) is 4.90 Å². The average Bonchev–Trinajstić information content (AvgIpc) is 3.11. The van der Waals surface area contributed by atoms with E-state index >= 15 is 0 Å². The van der Waals surface area contributed by atoms with Gasteiger partial charge in [-0.25, -0.2) is 4.98 Å². The number of aromatic nitrogens is 1. The molecule has 0 spiro atoms. The van der Waals surface area contributed by atoms with Crippen LogP contribution in [0.15, 0.2) is 72.9 Å². The van der Waals surface area contributed by atoms with Gasteiger partial charge < -0.3 is 0 Å². The van der Waals surface area contributed by atoms with E-state index in [-0.39, 0.29) is 0 Å². The molecule has 0 bridgehead atoms. The summed E-state index contributed by atoms with van der Waals surface area (Å²) in [6.07, 6.45) is 4.93. The van der Waals surface area contributed by atoms with E-state index in [0.717, 1.165) is 25.1 Å². The molecule has 0 saturated carbocycles. The molecule has 28 heavy (non-hydrogen) atoms. The molecule has 1 aliphatic carbocycles. The van der Waals surface area contributed by atoms with E-state index in [0.29, 0.717) is 0 Å². The Bertz CT molecular complexity index is 1290. The van der Waals surface area contributed by atoms with Crippen molar-refractivity contribution in [1.29, 1.82) is 0 Å². The van der Waals surface area contributed by atoms with Crippen molar-refractivity contribution >= 4 is 17.2 Å². The zero-order valence-corrected chi connectivity index (χ0v) is 15.4. The monoisotopic (exact) mass is 358 g/mol. The predicted molar refractivity (Wildman–Crippen MR) is 113 cm³/mol. The fraction of sp³-hybridized carbons (Fsp3) is 0.115. The number of anilines is 3. The maximum absolute atomic E-state index is 4.81. The molecule has 0 radical (unpaired) electrons. The van der Waals surface area contributed by atoms with Crippen LogP contribution in [0.2, 0.25) is 0 Å². The van der Waals surface area contributed by atoms with Gasteiger partial charge in [0.15, 0.2) is 0 Å². The van der Waals surface area contributed by atoms with Crippen LogP contribution in [0.4, 0.5) is 17.2 Å². The average molecular weight is 358 g/mol. The first-order valence-corrected chi connectivity index (χ1v) is 9.96. The summed E-state index contributed by atoms with van der Waals surface area (Å²) in [5, 5.41) is 0. The van der Waals surface area contributed by atoms with E-state index in [4.69, 9.17) is 4.98 Å². The van der Waals surface area contributed by atoms with Crippen LogP contribution < -0.4 is 4.90 Å². The molecule has 2 heteroatoms. The third-order valence-electron chi connectivity index (χ3n) is 6.51. The number of nitrogens with zero attached hydrogens (tertiary/aromatic N) is 2. The normalized spacial score (nSPS) is 14.6. The smallest absolute Gasteiger partial charge is 0.141 e. The van der Waals surface area contributed by atoms with Crippen LogP contribution in [-0.4, -0.2) is 4.98 Å². The van der Waals surface area contributed by atoms with Gasteiger partial charge in [-0.05, 0) is 63.1 Å². The molecule has 2 aliphatic heterocycles. The summed E-state index contributed by atoms with van der Waals surface area (Å²) < 4.78 is 0. The van der Waals surface area contributed by atoms with E-state index in [2.05, 4.69) is 71.6 Å². The second-order valence-electron chi connectivity index (χ2n) is 8.03. The molecular formula is C26H18N2. The van der Waals surface area contributed by atoms with Gasteiger partial charge in [-0.1, -0.05) is 54.6 Å². The lowest BCUT2D eigenvalue weighted by Gasteiger charge is -2.39. The number of para-hydroxylation sites is 1. The van der Waals surface area contributed by atoms with Crippen molar-refractivity contribution in [3.05, 3.63) is 106 Å². The number of hydrogen-bond donors (Lipinski definition) is 0. The van der Waals surface area contributed by atoms with Crippen molar-refractivity contribution in [3.8, 4) is 11.1 Å². The minimum Gasteiger partial charge on any atom is -0.294 e. The number of rotatable bonds is 0. The van der Waals surface area contributed by atoms with E-state index in [1.54, 1.807) is 0 Å². The summed E-state index contributed by atoms with van der Waals surface area (Å²) >= 11 is 0. The maximum atomic E-state index is 4.81. The molecule has 3 heterocycles. The highest BCUT2D eigenvalue weighted by Gasteiger charge is 2.36. The zero-order chi connectivity index (χ0) is 18.2. The Morgan fingerprint density at radius 3 is 2.43 bits per heavy atom. The van der Waals surface area contributed by atoms with Gasteiger partial charge >= 0.3 is 0 Å². The largest absolute Gasteiger partial charge is 0.294 e. The second-order valence-corrected chi connectivity index (χ2v) is 8.03. The summed E-state index contributed by atoms with van der Waals surface area (Å²) in [7, 11) is 0. The van der Waals surface area contributed by atoms with Crippen LogP contribution in [0.3, 0.4) is 0 Å². The van der Waals surface area contributed by atoms with Gasteiger partial charge in [0.1, 0.15) is 5.82 Å². The minimum atomic E-state index is 0.960. The third kappa shape index (κ3) is 1.75. The Kier molecular flexibility index (Phi) is 2.67. The van der Waals surface area contributed by atoms with Crippen LogP contribution in [0.25, 0.3) is 11.1 Å². The van der Waals surface area contributed by atoms with Crippen molar-refractivity contribution in [3.63, 3.8) is 0 Å². The van der Waals surface area contributed by atoms with Crippen LogP contribution in [-0.2, 0) is 19.3 Å². The van der Waals surface area contributed by atoms with Gasteiger partial charge in [0.05, 0.1) is 11.4 Å². The van der Waals surface area contributed by atoms with Crippen LogP contribution >= 0.6 is 0 Å². The van der Waals surface area contributed by atoms with Crippen LogP contribution in [0.5, 0.6) is 0 Å². The molecule has 4 aromatic rings. The lowest BCUT2D eigenvalue weighted by molar-refractivity contribution is 0.979. The van der Waals surface area contributed by atoms with E-state index < -0.39 is 0 Å². The first kappa shape index (κ1) is 14.6. The van der Waals surface area contributed by atoms with Crippen LogP contribution in [0, 0.1) is 0 Å². The fourth-order valence-electron chi connectivity index (χ4n) is 5.42. The molecule has 0 fully saturated rings. The van der Waals surface area contributed by atoms with Crippen molar-refractivity contribution in [2.24, 2.45) is 0 Å². The first-order chi connectivity index (χ1) is 13.9. The van der Waals surface area contributed by atoms with Gasteiger partial charge in [-0.2, -0.15) is 0 Å². The standard InChI is InChI=1S/C26H18N2/c1-3-9-21-16(6-1)12-19-14-20-13-17-7-2-4-10-23(17)28-25(20)22(24(19)21)15-18-8-5-11-27-26(18)28/h1-11,14H,12-13,15H2. The fourth-order valence-corrected chi connectivity index (χ4v) is 5.42. The maximum Gasteiger partial charge on any atom is 0.141 e. The predicted octanol–water partition coefficient (Wildman–Crippen LogP) is 5.93. The molecule has 132 valence electrons. The molecular weight excluding hydrogens is 340 g/mol. The minimum absolute atomic E-state index is 0.960. The molecule has 0 amide bonds. The molecule has 7 rings (SSSR count). The summed E-state index contributed by atoms with van der Waals surface area (Å²) in [5.41, 5.74) is 14.1. The molecule has 3 aromatic carbocycles. The molecule has 0 saturated heterocycles. The van der Waals surface area contributed by atoms with Gasteiger partial charge in [0.25, 0.3) is 0 Å². The summed E-state index contributed by atoms with van der Waals surface area (Å²) in [6, 6.07) is 24.5. The number of hydrogen-bond acceptors (Lipinski definition) is 2. The van der Waals surface area contributed by atoms with Crippen molar-refractivity contribution in [2.45, 2.75) is 19.3 Å². The Labute approximate surface area is 164 Å². The van der Waals surface area contributed by atoms with Crippen molar-refractivity contribution < 1.29 is 0 Å². The molecule has 0 N–H and O–H groups in total. The highest BCUT2D eigenvalue weighted by atomic mass is 15.2. The Morgan fingerprint density at radius 1 is 0.679 bits per heavy atom. The topological polar surface area (TPSA) is 16.1 Å². The van der Waals surface area contributed by atoms with E-state index in [9.17, 15) is 0 Å². The molecule has 2 nitrogen and oxygen atoms in total. The molecule has 0 unspecified atom stereocenters. The summed E-state index contributed by atoms with van der Waals surface area (Å²) in [4.78, 5) is 7.23. The number of fused-ring (bicyclic) bond motifs is 8. The first-order valence-electron chi connectivity index (χ1n) is 9.96. The highest BCUT2D eigenvalue weighted by molar-refractivity contribution is 5.94. The SMILES string of the molecule is c1ccc2c(c1)Cc1cc3c4c(c1-2)Cc1cccnc1N4c1ccccc1C3. The van der Waals surface area contributed by atoms with Gasteiger partial charge in [-0.15, -0.1) is 0 Å². The lowest BCUT2D eigenvalue weighted by Crippen LogP contribution is -2.26. The molecule has 1 aromatic heterocycles.